The van der Waals surface area contributed by atoms with Crippen LogP contribution in [-0.4, -0.2) is 47.7 Å². The first kappa shape index (κ1) is 16.5. The van der Waals surface area contributed by atoms with Crippen LogP contribution < -0.4 is 5.32 Å². The molecule has 2 rings (SSSR count). The van der Waals surface area contributed by atoms with Crippen LogP contribution in [0.5, 0.6) is 0 Å². The second kappa shape index (κ2) is 6.89. The predicted octanol–water partition coefficient (Wildman–Crippen LogP) is 1.44. The van der Waals surface area contributed by atoms with Crippen molar-refractivity contribution >= 4 is 10.0 Å². The van der Waals surface area contributed by atoms with Crippen molar-refractivity contribution in [3.05, 3.63) is 12.4 Å². The van der Waals surface area contributed by atoms with Crippen LogP contribution >= 0.6 is 0 Å². The first-order chi connectivity index (χ1) is 9.91. The Bertz CT molecular complexity index is 553. The maximum atomic E-state index is 12.5. The van der Waals surface area contributed by atoms with Crippen molar-refractivity contribution in [3.8, 4) is 0 Å². The molecule has 120 valence electrons. The molecule has 0 bridgehead atoms. The molecule has 0 aromatic carbocycles. The first-order valence-corrected chi connectivity index (χ1v) is 9.13. The normalized spacial score (nSPS) is 20.5. The molecule has 1 atom stereocenters. The van der Waals surface area contributed by atoms with Gasteiger partial charge in [-0.1, -0.05) is 13.8 Å². The lowest BCUT2D eigenvalue weighted by atomic mass is 10.3. The molecule has 1 fully saturated rings. The number of aromatic nitrogens is 2. The molecular formula is C14H26N4O2S. The van der Waals surface area contributed by atoms with Gasteiger partial charge in [0.25, 0.3) is 0 Å². The molecule has 0 aliphatic carbocycles. The van der Waals surface area contributed by atoms with E-state index in [-0.39, 0.29) is 6.04 Å². The minimum absolute atomic E-state index is 0.0913. The van der Waals surface area contributed by atoms with E-state index in [9.17, 15) is 8.42 Å². The topological polar surface area (TPSA) is 67.2 Å². The lowest BCUT2D eigenvalue weighted by Crippen LogP contribution is -2.33. The summed E-state index contributed by atoms with van der Waals surface area (Å²) in [5.74, 6) is 0. The Morgan fingerprint density at radius 3 is 2.86 bits per heavy atom. The summed E-state index contributed by atoms with van der Waals surface area (Å²) in [7, 11) is -3.38. The Hall–Kier alpha value is -0.920. The molecule has 1 unspecified atom stereocenters. The highest BCUT2D eigenvalue weighted by atomic mass is 32.2. The Morgan fingerprint density at radius 2 is 2.24 bits per heavy atom. The number of hydrogen-bond donors (Lipinski definition) is 1. The van der Waals surface area contributed by atoms with Crippen LogP contribution in [0.1, 0.15) is 40.0 Å². The summed E-state index contributed by atoms with van der Waals surface area (Å²) in [5.41, 5.74) is 0. The summed E-state index contributed by atoms with van der Waals surface area (Å²) < 4.78 is 28.4. The summed E-state index contributed by atoms with van der Waals surface area (Å²) >= 11 is 0. The van der Waals surface area contributed by atoms with Gasteiger partial charge in [0, 0.05) is 31.4 Å². The smallest absolute Gasteiger partial charge is 0.246 e. The van der Waals surface area contributed by atoms with E-state index < -0.39 is 10.0 Å². The molecule has 1 aromatic heterocycles. The summed E-state index contributed by atoms with van der Waals surface area (Å²) in [4.78, 5) is 0.313. The highest BCUT2D eigenvalue weighted by molar-refractivity contribution is 7.89. The van der Waals surface area contributed by atoms with E-state index in [0.29, 0.717) is 17.5 Å². The van der Waals surface area contributed by atoms with Gasteiger partial charge in [-0.2, -0.15) is 9.40 Å². The largest absolute Gasteiger partial charge is 0.314 e. The third kappa shape index (κ3) is 4.05. The van der Waals surface area contributed by atoms with Crippen LogP contribution in [0.3, 0.4) is 0 Å². The second-order valence-electron chi connectivity index (χ2n) is 6.01. The Balaban J connectivity index is 1.96. The molecule has 0 amide bonds. The van der Waals surface area contributed by atoms with Crippen LogP contribution in [0.2, 0.25) is 0 Å². The van der Waals surface area contributed by atoms with Gasteiger partial charge in [0.1, 0.15) is 4.90 Å². The van der Waals surface area contributed by atoms with E-state index >= 15 is 0 Å². The zero-order chi connectivity index (χ0) is 15.5. The molecule has 1 saturated heterocycles. The Morgan fingerprint density at radius 1 is 1.48 bits per heavy atom. The highest BCUT2D eigenvalue weighted by Gasteiger charge is 2.33. The molecular weight excluding hydrogens is 288 g/mol. The van der Waals surface area contributed by atoms with Crippen molar-refractivity contribution in [2.45, 2.75) is 63.6 Å². The van der Waals surface area contributed by atoms with E-state index in [2.05, 4.69) is 24.3 Å². The molecule has 1 aliphatic heterocycles. The van der Waals surface area contributed by atoms with Crippen molar-refractivity contribution in [2.75, 3.05) is 13.1 Å². The van der Waals surface area contributed by atoms with Gasteiger partial charge >= 0.3 is 0 Å². The number of aryl methyl sites for hydroxylation is 1. The van der Waals surface area contributed by atoms with Crippen molar-refractivity contribution in [1.29, 1.82) is 0 Å². The fourth-order valence-corrected chi connectivity index (χ4v) is 4.29. The van der Waals surface area contributed by atoms with E-state index in [4.69, 9.17) is 0 Å². The second-order valence-corrected chi connectivity index (χ2v) is 7.90. The monoisotopic (exact) mass is 314 g/mol. The van der Waals surface area contributed by atoms with Crippen LogP contribution in [0, 0.1) is 0 Å². The van der Waals surface area contributed by atoms with Gasteiger partial charge in [0.15, 0.2) is 0 Å². The molecule has 0 spiro atoms. The average Bonchev–Trinajstić information content (AvgIpc) is 3.03. The lowest BCUT2D eigenvalue weighted by Gasteiger charge is -2.19. The molecule has 1 aliphatic rings. The summed E-state index contributed by atoms with van der Waals surface area (Å²) in [6.45, 7) is 8.43. The molecule has 1 N–H and O–H groups in total. The van der Waals surface area contributed by atoms with Crippen LogP contribution in [0.25, 0.3) is 0 Å². The standard InChI is InChI=1S/C14H26N4O2S/c1-12(2)15-7-5-8-17-11-14(10-16-17)21(19,20)18-9-4-6-13(18)3/h10-13,15H,4-9H2,1-3H3. The zero-order valence-corrected chi connectivity index (χ0v) is 13.9. The minimum Gasteiger partial charge on any atom is -0.314 e. The van der Waals surface area contributed by atoms with Gasteiger partial charge in [-0.15, -0.1) is 0 Å². The molecule has 0 saturated carbocycles. The first-order valence-electron chi connectivity index (χ1n) is 7.69. The molecule has 6 nitrogen and oxygen atoms in total. The van der Waals surface area contributed by atoms with Gasteiger partial charge in [-0.25, -0.2) is 8.42 Å². The van der Waals surface area contributed by atoms with Gasteiger partial charge in [0.05, 0.1) is 6.20 Å². The van der Waals surface area contributed by atoms with Crippen molar-refractivity contribution < 1.29 is 8.42 Å². The highest BCUT2D eigenvalue weighted by Crippen LogP contribution is 2.25. The number of rotatable bonds is 7. The molecule has 7 heteroatoms. The van der Waals surface area contributed by atoms with Crippen molar-refractivity contribution in [3.63, 3.8) is 0 Å². The van der Waals surface area contributed by atoms with Crippen molar-refractivity contribution in [1.82, 2.24) is 19.4 Å². The number of sulfonamides is 1. The molecule has 21 heavy (non-hydrogen) atoms. The third-order valence-electron chi connectivity index (χ3n) is 3.82. The Labute approximate surface area is 127 Å². The maximum absolute atomic E-state index is 12.5. The van der Waals surface area contributed by atoms with Crippen LogP contribution in [0.15, 0.2) is 17.3 Å². The minimum atomic E-state index is -3.38. The van der Waals surface area contributed by atoms with Gasteiger partial charge in [-0.3, -0.25) is 4.68 Å². The van der Waals surface area contributed by atoms with Crippen LogP contribution in [-0.2, 0) is 16.6 Å². The fraction of sp³-hybridized carbons (Fsp3) is 0.786. The summed E-state index contributed by atoms with van der Waals surface area (Å²) in [6.07, 6.45) is 5.93. The van der Waals surface area contributed by atoms with E-state index in [0.717, 1.165) is 32.4 Å². The predicted molar refractivity (Wildman–Crippen MR) is 82.6 cm³/mol. The molecule has 1 aromatic rings. The lowest BCUT2D eigenvalue weighted by molar-refractivity contribution is 0.408. The molecule has 2 heterocycles. The van der Waals surface area contributed by atoms with Gasteiger partial charge in [0.2, 0.25) is 10.0 Å². The van der Waals surface area contributed by atoms with Gasteiger partial charge in [-0.05, 0) is 32.7 Å². The average molecular weight is 314 g/mol. The zero-order valence-electron chi connectivity index (χ0n) is 13.1. The SMILES string of the molecule is CC(C)NCCCn1cc(S(=O)(=O)N2CCCC2C)cn1. The summed E-state index contributed by atoms with van der Waals surface area (Å²) in [6, 6.07) is 0.559. The Kier molecular flexibility index (Phi) is 5.40. The van der Waals surface area contributed by atoms with Crippen molar-refractivity contribution in [2.24, 2.45) is 0 Å². The van der Waals surface area contributed by atoms with Crippen LogP contribution in [0.4, 0.5) is 0 Å². The number of nitrogens with zero attached hydrogens (tertiary/aromatic N) is 3. The fourth-order valence-electron chi connectivity index (χ4n) is 2.63. The molecule has 0 radical (unpaired) electrons. The third-order valence-corrected chi connectivity index (χ3v) is 5.79. The van der Waals surface area contributed by atoms with E-state index in [1.54, 1.807) is 15.2 Å². The van der Waals surface area contributed by atoms with Gasteiger partial charge < -0.3 is 5.32 Å². The quantitative estimate of drug-likeness (QED) is 0.774. The van der Waals surface area contributed by atoms with E-state index in [1.165, 1.54) is 6.20 Å². The van der Waals surface area contributed by atoms with E-state index in [1.807, 2.05) is 6.92 Å². The maximum Gasteiger partial charge on any atom is 0.246 e. The number of nitrogens with one attached hydrogen (secondary N) is 1. The summed E-state index contributed by atoms with van der Waals surface area (Å²) in [5, 5.41) is 7.51. The number of hydrogen-bond acceptors (Lipinski definition) is 4.